The molecule has 0 atom stereocenters. The number of hydrogen-bond acceptors (Lipinski definition) is 4. The minimum absolute atomic E-state index is 0.0423. The molecule has 0 saturated heterocycles. The Bertz CT molecular complexity index is 412. The van der Waals surface area contributed by atoms with Gasteiger partial charge in [-0.3, -0.25) is 4.79 Å². The van der Waals surface area contributed by atoms with Crippen LogP contribution >= 0.6 is 0 Å². The Balaban J connectivity index is 2.28. The first-order valence-corrected chi connectivity index (χ1v) is 4.56. The highest BCUT2D eigenvalue weighted by Gasteiger charge is 2.24. The number of aromatic nitrogens is 1. The van der Waals surface area contributed by atoms with E-state index in [0.29, 0.717) is 12.0 Å². The lowest BCUT2D eigenvalue weighted by Gasteiger charge is -2.05. The highest BCUT2D eigenvalue weighted by molar-refractivity contribution is 5.95. The van der Waals surface area contributed by atoms with Crippen molar-refractivity contribution in [2.45, 2.75) is 18.9 Å². The third-order valence-electron chi connectivity index (χ3n) is 2.05. The number of pyridine rings is 1. The summed E-state index contributed by atoms with van der Waals surface area (Å²) in [7, 11) is 0. The largest absolute Gasteiger partial charge is 0.489 e. The summed E-state index contributed by atoms with van der Waals surface area (Å²) in [6.45, 7) is 0. The molecule has 1 aliphatic rings. The average Bonchev–Trinajstić information content (AvgIpc) is 3.01. The van der Waals surface area contributed by atoms with Crippen LogP contribution in [0.3, 0.4) is 0 Å². The standard InChI is InChI=1S/C10H9NO4/c12-5-6-3-8(15-7-1-2-7)4-11-9(6)10(13)14/h3-5,7H,1-2H2,(H,13,14). The number of nitrogens with zero attached hydrogens (tertiary/aromatic N) is 1. The summed E-state index contributed by atoms with van der Waals surface area (Å²) >= 11 is 0. The van der Waals surface area contributed by atoms with Crippen molar-refractivity contribution in [1.29, 1.82) is 0 Å². The zero-order chi connectivity index (χ0) is 10.8. The summed E-state index contributed by atoms with van der Waals surface area (Å²) in [6.07, 6.45) is 3.99. The number of aldehydes is 1. The second-order valence-electron chi connectivity index (χ2n) is 3.35. The molecule has 1 fully saturated rings. The summed E-state index contributed by atoms with van der Waals surface area (Å²) in [6, 6.07) is 1.40. The number of rotatable bonds is 4. The highest BCUT2D eigenvalue weighted by atomic mass is 16.5. The maximum absolute atomic E-state index is 10.7. The monoisotopic (exact) mass is 207 g/mol. The van der Waals surface area contributed by atoms with Gasteiger partial charge in [0.25, 0.3) is 0 Å². The lowest BCUT2D eigenvalue weighted by molar-refractivity contribution is 0.0687. The maximum atomic E-state index is 10.7. The van der Waals surface area contributed by atoms with E-state index >= 15 is 0 Å². The maximum Gasteiger partial charge on any atom is 0.355 e. The predicted molar refractivity (Wildman–Crippen MR) is 50.2 cm³/mol. The Hall–Kier alpha value is -1.91. The van der Waals surface area contributed by atoms with E-state index in [1.807, 2.05) is 0 Å². The minimum Gasteiger partial charge on any atom is -0.489 e. The SMILES string of the molecule is O=Cc1cc(OC2CC2)cnc1C(=O)O. The molecule has 2 rings (SSSR count). The third-order valence-corrected chi connectivity index (χ3v) is 2.05. The van der Waals surface area contributed by atoms with Crippen molar-refractivity contribution in [3.63, 3.8) is 0 Å². The van der Waals surface area contributed by atoms with E-state index < -0.39 is 5.97 Å². The van der Waals surface area contributed by atoms with Gasteiger partial charge in [0.15, 0.2) is 12.0 Å². The van der Waals surface area contributed by atoms with Crippen LogP contribution in [-0.2, 0) is 0 Å². The van der Waals surface area contributed by atoms with Crippen molar-refractivity contribution >= 4 is 12.3 Å². The molecule has 1 aliphatic carbocycles. The summed E-state index contributed by atoms with van der Waals surface area (Å²) in [5, 5.41) is 8.72. The van der Waals surface area contributed by atoms with Crippen LogP contribution in [0.5, 0.6) is 5.75 Å². The van der Waals surface area contributed by atoms with Gasteiger partial charge in [-0.05, 0) is 18.9 Å². The smallest absolute Gasteiger partial charge is 0.355 e. The normalized spacial score (nSPS) is 14.7. The van der Waals surface area contributed by atoms with E-state index in [1.54, 1.807) is 0 Å². The number of aromatic carboxylic acids is 1. The molecule has 5 heteroatoms. The van der Waals surface area contributed by atoms with Gasteiger partial charge < -0.3 is 9.84 Å². The fourth-order valence-corrected chi connectivity index (χ4v) is 1.17. The average molecular weight is 207 g/mol. The van der Waals surface area contributed by atoms with E-state index in [-0.39, 0.29) is 17.4 Å². The van der Waals surface area contributed by atoms with Crippen LogP contribution in [-0.4, -0.2) is 28.4 Å². The van der Waals surface area contributed by atoms with Gasteiger partial charge in [0.2, 0.25) is 0 Å². The van der Waals surface area contributed by atoms with E-state index in [0.717, 1.165) is 12.8 Å². The molecule has 1 N–H and O–H groups in total. The first kappa shape index (κ1) is 9.64. The van der Waals surface area contributed by atoms with Gasteiger partial charge in [-0.1, -0.05) is 0 Å². The number of ether oxygens (including phenoxy) is 1. The van der Waals surface area contributed by atoms with Crippen LogP contribution in [0.4, 0.5) is 0 Å². The van der Waals surface area contributed by atoms with Crippen LogP contribution in [0.25, 0.3) is 0 Å². The zero-order valence-corrected chi connectivity index (χ0v) is 7.84. The molecule has 1 heterocycles. The molecule has 0 aromatic carbocycles. The lowest BCUT2D eigenvalue weighted by atomic mass is 10.2. The van der Waals surface area contributed by atoms with Crippen molar-refractivity contribution in [3.8, 4) is 5.75 Å². The van der Waals surface area contributed by atoms with Crippen LogP contribution in [0.1, 0.15) is 33.7 Å². The molecule has 0 amide bonds. The Morgan fingerprint density at radius 1 is 1.60 bits per heavy atom. The number of carbonyl (C=O) groups is 2. The molecule has 0 spiro atoms. The second-order valence-corrected chi connectivity index (χ2v) is 3.35. The van der Waals surface area contributed by atoms with Gasteiger partial charge in [-0.25, -0.2) is 9.78 Å². The van der Waals surface area contributed by atoms with Crippen molar-refractivity contribution in [2.24, 2.45) is 0 Å². The summed E-state index contributed by atoms with van der Waals surface area (Å²) < 4.78 is 5.39. The van der Waals surface area contributed by atoms with Crippen LogP contribution in [0.2, 0.25) is 0 Å². The van der Waals surface area contributed by atoms with Gasteiger partial charge in [0, 0.05) is 0 Å². The zero-order valence-electron chi connectivity index (χ0n) is 7.84. The number of hydrogen-bond donors (Lipinski definition) is 1. The predicted octanol–water partition coefficient (Wildman–Crippen LogP) is 1.13. The molecule has 0 unspecified atom stereocenters. The van der Waals surface area contributed by atoms with E-state index in [1.165, 1.54) is 12.3 Å². The Kier molecular flexibility index (Phi) is 2.37. The molecule has 1 aromatic heterocycles. The fourth-order valence-electron chi connectivity index (χ4n) is 1.17. The van der Waals surface area contributed by atoms with Gasteiger partial charge >= 0.3 is 5.97 Å². The van der Waals surface area contributed by atoms with Crippen LogP contribution in [0, 0.1) is 0 Å². The van der Waals surface area contributed by atoms with Crippen LogP contribution in [0.15, 0.2) is 12.3 Å². The molecule has 0 radical (unpaired) electrons. The minimum atomic E-state index is -1.21. The Morgan fingerprint density at radius 2 is 2.33 bits per heavy atom. The summed E-state index contributed by atoms with van der Waals surface area (Å²) in [4.78, 5) is 25.0. The van der Waals surface area contributed by atoms with E-state index in [9.17, 15) is 9.59 Å². The molecule has 1 saturated carbocycles. The molecule has 0 bridgehead atoms. The van der Waals surface area contributed by atoms with Crippen molar-refractivity contribution < 1.29 is 19.4 Å². The van der Waals surface area contributed by atoms with Crippen LogP contribution < -0.4 is 4.74 Å². The Morgan fingerprint density at radius 3 is 2.87 bits per heavy atom. The van der Waals surface area contributed by atoms with Crippen molar-refractivity contribution in [1.82, 2.24) is 4.98 Å². The highest BCUT2D eigenvalue weighted by Crippen LogP contribution is 2.26. The first-order valence-electron chi connectivity index (χ1n) is 4.56. The van der Waals surface area contributed by atoms with Gasteiger partial charge in [-0.2, -0.15) is 0 Å². The fraction of sp³-hybridized carbons (Fsp3) is 0.300. The third kappa shape index (κ3) is 2.12. The molecule has 5 nitrogen and oxygen atoms in total. The lowest BCUT2D eigenvalue weighted by Crippen LogP contribution is -2.06. The summed E-state index contributed by atoms with van der Waals surface area (Å²) in [5.41, 5.74) is -0.200. The molecular formula is C10H9NO4. The number of carboxylic acid groups (broad SMARTS) is 1. The van der Waals surface area contributed by atoms with Gasteiger partial charge in [0.05, 0.1) is 17.9 Å². The first-order chi connectivity index (χ1) is 7.20. The Labute approximate surface area is 85.7 Å². The second kappa shape index (κ2) is 3.68. The quantitative estimate of drug-likeness (QED) is 0.749. The van der Waals surface area contributed by atoms with Crippen molar-refractivity contribution in [2.75, 3.05) is 0 Å². The van der Waals surface area contributed by atoms with E-state index in [2.05, 4.69) is 4.98 Å². The molecule has 78 valence electrons. The molecule has 15 heavy (non-hydrogen) atoms. The number of carboxylic acids is 1. The summed E-state index contributed by atoms with van der Waals surface area (Å²) in [5.74, 6) is -0.764. The molecular weight excluding hydrogens is 198 g/mol. The molecule has 0 aliphatic heterocycles. The van der Waals surface area contributed by atoms with Gasteiger partial charge in [-0.15, -0.1) is 0 Å². The molecule has 1 aromatic rings. The van der Waals surface area contributed by atoms with Crippen molar-refractivity contribution in [3.05, 3.63) is 23.5 Å². The number of carbonyl (C=O) groups excluding carboxylic acids is 1. The topological polar surface area (TPSA) is 76.5 Å². The van der Waals surface area contributed by atoms with E-state index in [4.69, 9.17) is 9.84 Å². The van der Waals surface area contributed by atoms with Gasteiger partial charge in [0.1, 0.15) is 5.75 Å².